The summed E-state index contributed by atoms with van der Waals surface area (Å²) >= 11 is 0. The standard InChI is InChI=1S/C12H22O/c1-5-11(3)12(4)7-6-10(2)8-9-13/h9-10H,5-8H2,1-4H3/b12-11+. The van der Waals surface area contributed by atoms with Crippen LogP contribution in [0.5, 0.6) is 0 Å². The summed E-state index contributed by atoms with van der Waals surface area (Å²) in [5.41, 5.74) is 3.00. The molecule has 0 aliphatic rings. The molecule has 0 saturated carbocycles. The van der Waals surface area contributed by atoms with E-state index >= 15 is 0 Å². The summed E-state index contributed by atoms with van der Waals surface area (Å²) < 4.78 is 0. The monoisotopic (exact) mass is 182 g/mol. The minimum Gasteiger partial charge on any atom is -0.303 e. The van der Waals surface area contributed by atoms with Crippen LogP contribution in [0.4, 0.5) is 0 Å². The zero-order valence-corrected chi connectivity index (χ0v) is 9.39. The first-order valence-electron chi connectivity index (χ1n) is 5.20. The SMILES string of the molecule is CC/C(C)=C(\C)CCC(C)CC=O. The maximum absolute atomic E-state index is 10.2. The third kappa shape index (κ3) is 5.62. The van der Waals surface area contributed by atoms with E-state index in [0.29, 0.717) is 12.3 Å². The van der Waals surface area contributed by atoms with E-state index in [1.807, 2.05) is 0 Å². The Morgan fingerprint density at radius 2 is 1.92 bits per heavy atom. The molecule has 0 aliphatic heterocycles. The maximum Gasteiger partial charge on any atom is 0.120 e. The Labute approximate surface area is 82.2 Å². The van der Waals surface area contributed by atoms with E-state index in [2.05, 4.69) is 27.7 Å². The van der Waals surface area contributed by atoms with Gasteiger partial charge in [-0.1, -0.05) is 25.0 Å². The van der Waals surface area contributed by atoms with Crippen LogP contribution in [0.2, 0.25) is 0 Å². The van der Waals surface area contributed by atoms with E-state index in [-0.39, 0.29) is 0 Å². The first kappa shape index (κ1) is 12.4. The maximum atomic E-state index is 10.2. The molecule has 0 aliphatic carbocycles. The minimum absolute atomic E-state index is 0.539. The lowest BCUT2D eigenvalue weighted by Gasteiger charge is -2.09. The van der Waals surface area contributed by atoms with Crippen molar-refractivity contribution >= 4 is 6.29 Å². The molecule has 0 fully saturated rings. The molecule has 0 aromatic carbocycles. The molecule has 1 atom stereocenters. The fourth-order valence-electron chi connectivity index (χ4n) is 1.26. The summed E-state index contributed by atoms with van der Waals surface area (Å²) in [4.78, 5) is 10.2. The predicted octanol–water partition coefficient (Wildman–Crippen LogP) is 3.74. The second-order valence-corrected chi connectivity index (χ2v) is 3.96. The Kier molecular flexibility index (Phi) is 6.56. The van der Waals surface area contributed by atoms with Crippen LogP contribution in [0.3, 0.4) is 0 Å². The van der Waals surface area contributed by atoms with Crippen molar-refractivity contribution in [1.82, 2.24) is 0 Å². The molecule has 0 radical (unpaired) electrons. The number of carbonyl (C=O) groups excluding carboxylic acids is 1. The van der Waals surface area contributed by atoms with Gasteiger partial charge in [-0.3, -0.25) is 0 Å². The average Bonchev–Trinajstić information content (AvgIpc) is 2.13. The second kappa shape index (κ2) is 6.88. The Morgan fingerprint density at radius 1 is 1.31 bits per heavy atom. The molecule has 1 unspecified atom stereocenters. The number of carbonyl (C=O) groups is 1. The predicted molar refractivity (Wildman–Crippen MR) is 57.7 cm³/mol. The van der Waals surface area contributed by atoms with E-state index in [0.717, 1.165) is 25.5 Å². The normalized spacial score (nSPS) is 15.1. The van der Waals surface area contributed by atoms with E-state index in [1.54, 1.807) is 0 Å². The lowest BCUT2D eigenvalue weighted by molar-refractivity contribution is -0.108. The molecule has 1 nitrogen and oxygen atoms in total. The smallest absolute Gasteiger partial charge is 0.120 e. The molecular weight excluding hydrogens is 160 g/mol. The van der Waals surface area contributed by atoms with Gasteiger partial charge in [-0.15, -0.1) is 0 Å². The van der Waals surface area contributed by atoms with Gasteiger partial charge < -0.3 is 4.79 Å². The highest BCUT2D eigenvalue weighted by atomic mass is 16.1. The lowest BCUT2D eigenvalue weighted by atomic mass is 9.97. The van der Waals surface area contributed by atoms with Crippen molar-refractivity contribution in [2.75, 3.05) is 0 Å². The summed E-state index contributed by atoms with van der Waals surface area (Å²) in [6.45, 7) is 8.73. The molecule has 0 aromatic heterocycles. The molecule has 0 heterocycles. The van der Waals surface area contributed by atoms with E-state index in [9.17, 15) is 4.79 Å². The first-order valence-corrected chi connectivity index (χ1v) is 5.20. The summed E-state index contributed by atoms with van der Waals surface area (Å²) in [6, 6.07) is 0. The van der Waals surface area contributed by atoms with Gasteiger partial charge in [0, 0.05) is 6.42 Å². The van der Waals surface area contributed by atoms with Crippen LogP contribution in [0, 0.1) is 5.92 Å². The fraction of sp³-hybridized carbons (Fsp3) is 0.750. The van der Waals surface area contributed by atoms with Crippen molar-refractivity contribution in [3.63, 3.8) is 0 Å². The van der Waals surface area contributed by atoms with Gasteiger partial charge in [0.1, 0.15) is 6.29 Å². The Bertz CT molecular complexity index is 180. The van der Waals surface area contributed by atoms with Crippen LogP contribution < -0.4 is 0 Å². The first-order chi connectivity index (χ1) is 6.11. The number of hydrogen-bond donors (Lipinski definition) is 0. The molecular formula is C12H22O. The van der Waals surface area contributed by atoms with Crippen molar-refractivity contribution < 1.29 is 4.79 Å². The minimum atomic E-state index is 0.539. The van der Waals surface area contributed by atoms with Crippen LogP contribution >= 0.6 is 0 Å². The van der Waals surface area contributed by atoms with Gasteiger partial charge in [-0.2, -0.15) is 0 Å². The molecule has 0 rings (SSSR count). The van der Waals surface area contributed by atoms with Crippen molar-refractivity contribution in [3.05, 3.63) is 11.1 Å². The molecule has 0 saturated heterocycles. The topological polar surface area (TPSA) is 17.1 Å². The summed E-state index contributed by atoms with van der Waals surface area (Å²) in [5.74, 6) is 0.539. The average molecular weight is 182 g/mol. The third-order valence-electron chi connectivity index (χ3n) is 2.77. The second-order valence-electron chi connectivity index (χ2n) is 3.96. The number of allylic oxidation sites excluding steroid dienone is 2. The highest BCUT2D eigenvalue weighted by Gasteiger charge is 2.02. The van der Waals surface area contributed by atoms with Crippen molar-refractivity contribution in [1.29, 1.82) is 0 Å². The van der Waals surface area contributed by atoms with Gasteiger partial charge in [-0.25, -0.2) is 0 Å². The molecule has 0 spiro atoms. The highest BCUT2D eigenvalue weighted by molar-refractivity contribution is 5.49. The highest BCUT2D eigenvalue weighted by Crippen LogP contribution is 2.17. The van der Waals surface area contributed by atoms with Gasteiger partial charge in [-0.05, 0) is 39.0 Å². The zero-order chi connectivity index (χ0) is 10.3. The molecule has 0 N–H and O–H groups in total. The van der Waals surface area contributed by atoms with E-state index < -0.39 is 0 Å². The quantitative estimate of drug-likeness (QED) is 0.452. The van der Waals surface area contributed by atoms with Crippen LogP contribution in [-0.4, -0.2) is 6.29 Å². The summed E-state index contributed by atoms with van der Waals surface area (Å²) in [7, 11) is 0. The van der Waals surface area contributed by atoms with Crippen molar-refractivity contribution in [3.8, 4) is 0 Å². The van der Waals surface area contributed by atoms with Crippen molar-refractivity contribution in [2.45, 2.75) is 53.4 Å². The molecule has 13 heavy (non-hydrogen) atoms. The van der Waals surface area contributed by atoms with Crippen LogP contribution in [0.25, 0.3) is 0 Å². The number of rotatable bonds is 6. The summed E-state index contributed by atoms with van der Waals surface area (Å²) in [5, 5.41) is 0. The fourth-order valence-corrected chi connectivity index (χ4v) is 1.26. The van der Waals surface area contributed by atoms with Crippen LogP contribution in [0.15, 0.2) is 11.1 Å². The van der Waals surface area contributed by atoms with Crippen molar-refractivity contribution in [2.24, 2.45) is 5.92 Å². The zero-order valence-electron chi connectivity index (χ0n) is 9.39. The number of aldehydes is 1. The van der Waals surface area contributed by atoms with Gasteiger partial charge in [0.15, 0.2) is 0 Å². The van der Waals surface area contributed by atoms with Gasteiger partial charge in [0.2, 0.25) is 0 Å². The number of hydrogen-bond acceptors (Lipinski definition) is 1. The Hall–Kier alpha value is -0.590. The Balaban J connectivity index is 3.81. The largest absolute Gasteiger partial charge is 0.303 e. The molecule has 0 bridgehead atoms. The van der Waals surface area contributed by atoms with Gasteiger partial charge in [0.05, 0.1) is 0 Å². The third-order valence-corrected chi connectivity index (χ3v) is 2.77. The van der Waals surface area contributed by atoms with E-state index in [1.165, 1.54) is 11.1 Å². The van der Waals surface area contributed by atoms with Crippen LogP contribution in [0.1, 0.15) is 53.4 Å². The van der Waals surface area contributed by atoms with Crippen LogP contribution in [-0.2, 0) is 4.79 Å². The molecule has 76 valence electrons. The molecule has 0 aromatic rings. The lowest BCUT2D eigenvalue weighted by Crippen LogP contribution is -1.96. The van der Waals surface area contributed by atoms with Gasteiger partial charge >= 0.3 is 0 Å². The molecule has 1 heteroatoms. The Morgan fingerprint density at radius 3 is 2.38 bits per heavy atom. The van der Waals surface area contributed by atoms with Gasteiger partial charge in [0.25, 0.3) is 0 Å². The van der Waals surface area contributed by atoms with E-state index in [4.69, 9.17) is 0 Å². The molecule has 0 amide bonds. The summed E-state index contributed by atoms with van der Waals surface area (Å²) in [6.07, 6.45) is 5.17.